The predicted octanol–water partition coefficient (Wildman–Crippen LogP) is 2.49. The van der Waals surface area contributed by atoms with Gasteiger partial charge in [0.15, 0.2) is 0 Å². The summed E-state index contributed by atoms with van der Waals surface area (Å²) in [7, 11) is 0. The maximum atomic E-state index is 11.2. The van der Waals surface area contributed by atoms with Crippen LogP contribution < -0.4 is 0 Å². The van der Waals surface area contributed by atoms with Crippen LogP contribution in [-0.2, 0) is 23.8 Å². The molecule has 22 heavy (non-hydrogen) atoms. The Kier molecular flexibility index (Phi) is 5.33. The van der Waals surface area contributed by atoms with Gasteiger partial charge in [0.25, 0.3) is 0 Å². The van der Waals surface area contributed by atoms with Crippen LogP contribution in [0, 0.1) is 6.92 Å². The summed E-state index contributed by atoms with van der Waals surface area (Å²) in [4.78, 5) is 22.2. The number of carbonyl (C=O) groups excluding carboxylic acids is 2. The third-order valence-corrected chi connectivity index (χ3v) is 3.32. The van der Waals surface area contributed by atoms with E-state index in [0.29, 0.717) is 0 Å². The number of benzene rings is 1. The highest BCUT2D eigenvalue weighted by Crippen LogP contribution is 2.28. The molecule has 1 aliphatic heterocycles. The van der Waals surface area contributed by atoms with Crippen molar-refractivity contribution >= 4 is 11.9 Å². The fourth-order valence-corrected chi connectivity index (χ4v) is 2.23. The van der Waals surface area contributed by atoms with E-state index in [1.54, 1.807) is 6.08 Å². The zero-order chi connectivity index (χ0) is 16.1. The monoisotopic (exact) mass is 304 g/mol. The molecule has 0 aromatic heterocycles. The van der Waals surface area contributed by atoms with E-state index in [-0.39, 0.29) is 12.7 Å². The number of rotatable bonds is 4. The summed E-state index contributed by atoms with van der Waals surface area (Å²) in [6.45, 7) is 4.72. The Balaban J connectivity index is 2.13. The second kappa shape index (κ2) is 7.22. The smallest absolute Gasteiger partial charge is 0.303 e. The topological polar surface area (TPSA) is 61.8 Å². The molecule has 5 nitrogen and oxygen atoms in total. The van der Waals surface area contributed by atoms with E-state index in [1.165, 1.54) is 13.8 Å². The lowest BCUT2D eigenvalue weighted by atomic mass is 10.0. The first-order valence-electron chi connectivity index (χ1n) is 7.16. The molecule has 0 saturated carbocycles. The van der Waals surface area contributed by atoms with Crippen molar-refractivity contribution in [1.82, 2.24) is 0 Å². The van der Waals surface area contributed by atoms with Crippen LogP contribution in [-0.4, -0.2) is 30.8 Å². The molecule has 0 radical (unpaired) electrons. The van der Waals surface area contributed by atoms with Crippen molar-refractivity contribution in [3.05, 3.63) is 47.5 Å². The molecule has 0 saturated heterocycles. The van der Waals surface area contributed by atoms with Gasteiger partial charge in [-0.1, -0.05) is 35.9 Å². The summed E-state index contributed by atoms with van der Waals surface area (Å²) in [5, 5.41) is 0. The number of hydrogen-bond donors (Lipinski definition) is 0. The zero-order valence-corrected chi connectivity index (χ0v) is 12.9. The van der Waals surface area contributed by atoms with E-state index in [2.05, 4.69) is 0 Å². The standard InChI is InChI=1S/C17H20O5/c1-11-4-6-14(7-5-11)15-8-9-16(21-13(3)19)17(22-15)10-20-12(2)18/h4-9,15-17H,10H2,1-3H3/t15-,16+,17+/m0/s1. The Morgan fingerprint density at radius 1 is 1.09 bits per heavy atom. The van der Waals surface area contributed by atoms with Gasteiger partial charge in [-0.3, -0.25) is 9.59 Å². The van der Waals surface area contributed by atoms with Crippen molar-refractivity contribution in [2.45, 2.75) is 39.1 Å². The summed E-state index contributed by atoms with van der Waals surface area (Å²) in [5.74, 6) is -0.800. The molecule has 0 bridgehead atoms. The lowest BCUT2D eigenvalue weighted by Gasteiger charge is -2.31. The van der Waals surface area contributed by atoms with Crippen molar-refractivity contribution in [3.8, 4) is 0 Å². The van der Waals surface area contributed by atoms with E-state index in [0.717, 1.165) is 11.1 Å². The molecule has 1 heterocycles. The summed E-state index contributed by atoms with van der Waals surface area (Å²) < 4.78 is 16.1. The first kappa shape index (κ1) is 16.2. The van der Waals surface area contributed by atoms with Crippen LogP contribution in [0.1, 0.15) is 31.1 Å². The lowest BCUT2D eigenvalue weighted by Crippen LogP contribution is -2.39. The average molecular weight is 304 g/mol. The Hall–Kier alpha value is -2.14. The lowest BCUT2D eigenvalue weighted by molar-refractivity contribution is -0.163. The molecule has 2 rings (SSSR count). The van der Waals surface area contributed by atoms with E-state index in [9.17, 15) is 9.59 Å². The van der Waals surface area contributed by atoms with Gasteiger partial charge in [0.2, 0.25) is 0 Å². The quantitative estimate of drug-likeness (QED) is 0.632. The summed E-state index contributed by atoms with van der Waals surface area (Å²) in [6.07, 6.45) is 2.29. The Morgan fingerprint density at radius 2 is 1.77 bits per heavy atom. The molecule has 118 valence electrons. The van der Waals surface area contributed by atoms with E-state index >= 15 is 0 Å². The second-order valence-electron chi connectivity index (χ2n) is 5.27. The van der Waals surface area contributed by atoms with Crippen molar-refractivity contribution in [1.29, 1.82) is 0 Å². The van der Waals surface area contributed by atoms with Gasteiger partial charge in [-0.25, -0.2) is 0 Å². The van der Waals surface area contributed by atoms with Gasteiger partial charge in [-0.2, -0.15) is 0 Å². The van der Waals surface area contributed by atoms with E-state index < -0.39 is 24.1 Å². The van der Waals surface area contributed by atoms with Gasteiger partial charge >= 0.3 is 11.9 Å². The fourth-order valence-electron chi connectivity index (χ4n) is 2.23. The van der Waals surface area contributed by atoms with Crippen LogP contribution in [0.3, 0.4) is 0 Å². The predicted molar refractivity (Wildman–Crippen MR) is 80.1 cm³/mol. The minimum absolute atomic E-state index is 0.0416. The molecule has 0 spiro atoms. The Morgan fingerprint density at radius 3 is 2.36 bits per heavy atom. The van der Waals surface area contributed by atoms with Crippen LogP contribution in [0.2, 0.25) is 0 Å². The molecule has 1 aromatic rings. The molecule has 5 heteroatoms. The molecule has 0 N–H and O–H groups in total. The molecular formula is C17H20O5. The number of esters is 2. The molecule has 3 atom stereocenters. The Bertz CT molecular complexity index is 561. The number of ether oxygens (including phenoxy) is 3. The number of aryl methyl sites for hydroxylation is 1. The highest BCUT2D eigenvalue weighted by atomic mass is 16.6. The van der Waals surface area contributed by atoms with Crippen molar-refractivity contribution < 1.29 is 23.8 Å². The SMILES string of the molecule is CC(=O)OC[C@H]1O[C@H](c2ccc(C)cc2)C=C[C@H]1OC(C)=O. The van der Waals surface area contributed by atoms with Crippen LogP contribution in [0.25, 0.3) is 0 Å². The molecule has 1 aliphatic rings. The molecule has 0 unspecified atom stereocenters. The van der Waals surface area contributed by atoms with Crippen LogP contribution in [0.15, 0.2) is 36.4 Å². The maximum absolute atomic E-state index is 11.2. The third kappa shape index (κ3) is 4.43. The van der Waals surface area contributed by atoms with Gasteiger partial charge in [-0.15, -0.1) is 0 Å². The summed E-state index contributed by atoms with van der Waals surface area (Å²) >= 11 is 0. The van der Waals surface area contributed by atoms with Gasteiger partial charge in [-0.05, 0) is 18.6 Å². The minimum atomic E-state index is -0.557. The highest BCUT2D eigenvalue weighted by molar-refractivity contribution is 5.66. The number of hydrogen-bond acceptors (Lipinski definition) is 5. The average Bonchev–Trinajstić information content (AvgIpc) is 2.46. The molecule has 0 aliphatic carbocycles. The normalized spacial score (nSPS) is 23.9. The fraction of sp³-hybridized carbons (Fsp3) is 0.412. The number of carbonyl (C=O) groups is 2. The molecular weight excluding hydrogens is 284 g/mol. The second-order valence-corrected chi connectivity index (χ2v) is 5.27. The zero-order valence-electron chi connectivity index (χ0n) is 12.9. The largest absolute Gasteiger partial charge is 0.463 e. The maximum Gasteiger partial charge on any atom is 0.303 e. The van der Waals surface area contributed by atoms with Gasteiger partial charge in [0.1, 0.15) is 24.9 Å². The first-order valence-corrected chi connectivity index (χ1v) is 7.16. The summed E-state index contributed by atoms with van der Waals surface area (Å²) in [5.41, 5.74) is 2.16. The van der Waals surface area contributed by atoms with Crippen molar-refractivity contribution in [2.24, 2.45) is 0 Å². The van der Waals surface area contributed by atoms with Crippen LogP contribution in [0.5, 0.6) is 0 Å². The molecule has 0 fully saturated rings. The van der Waals surface area contributed by atoms with Gasteiger partial charge < -0.3 is 14.2 Å². The van der Waals surface area contributed by atoms with Crippen molar-refractivity contribution in [3.63, 3.8) is 0 Å². The van der Waals surface area contributed by atoms with Crippen LogP contribution in [0.4, 0.5) is 0 Å². The highest BCUT2D eigenvalue weighted by Gasteiger charge is 2.31. The molecule has 0 amide bonds. The minimum Gasteiger partial charge on any atom is -0.463 e. The first-order chi connectivity index (χ1) is 10.5. The molecule has 1 aromatic carbocycles. The van der Waals surface area contributed by atoms with Crippen LogP contribution >= 0.6 is 0 Å². The van der Waals surface area contributed by atoms with Gasteiger partial charge in [0.05, 0.1) is 0 Å². The van der Waals surface area contributed by atoms with E-state index in [1.807, 2.05) is 37.3 Å². The van der Waals surface area contributed by atoms with Gasteiger partial charge in [0, 0.05) is 13.8 Å². The van der Waals surface area contributed by atoms with Crippen molar-refractivity contribution in [2.75, 3.05) is 6.61 Å². The van der Waals surface area contributed by atoms with E-state index in [4.69, 9.17) is 14.2 Å². The Labute approximate surface area is 129 Å². The third-order valence-electron chi connectivity index (χ3n) is 3.32. The summed E-state index contributed by atoms with van der Waals surface area (Å²) in [6, 6.07) is 7.98.